The van der Waals surface area contributed by atoms with E-state index in [-0.39, 0.29) is 0 Å². The minimum atomic E-state index is 0.568. The number of aromatic nitrogens is 1. The lowest BCUT2D eigenvalue weighted by Gasteiger charge is -2.51. The molecule has 0 aliphatic carbocycles. The molecule has 4 aliphatic heterocycles. The van der Waals surface area contributed by atoms with E-state index in [0.29, 0.717) is 18.0 Å². The number of aryl methyl sites for hydroxylation is 1. The van der Waals surface area contributed by atoms with Gasteiger partial charge in [0.15, 0.2) is 0 Å². The Bertz CT molecular complexity index is 783. The Morgan fingerprint density at radius 1 is 1.23 bits per heavy atom. The van der Waals surface area contributed by atoms with Crippen LogP contribution in [-0.4, -0.2) is 53.6 Å². The zero-order valence-electron chi connectivity index (χ0n) is 15.6. The fourth-order valence-corrected chi connectivity index (χ4v) is 6.18. The molecule has 0 spiro atoms. The third-order valence-corrected chi connectivity index (χ3v) is 7.47. The normalized spacial score (nSPS) is 33.4. The summed E-state index contributed by atoms with van der Waals surface area (Å²) in [5.41, 5.74) is 2.68. The van der Waals surface area contributed by atoms with Gasteiger partial charge in [0.05, 0.1) is 17.8 Å². The van der Waals surface area contributed by atoms with Crippen molar-refractivity contribution in [1.29, 1.82) is 0 Å². The first-order chi connectivity index (χ1) is 12.7. The van der Waals surface area contributed by atoms with E-state index in [9.17, 15) is 0 Å². The molecule has 4 aliphatic rings. The average molecular weight is 370 g/mol. The molecular formula is C21H27N3OS. The molecule has 138 valence electrons. The quantitative estimate of drug-likeness (QED) is 0.824. The summed E-state index contributed by atoms with van der Waals surface area (Å²) >= 11 is 1.77. The van der Waals surface area contributed by atoms with Crippen molar-refractivity contribution in [2.24, 2.45) is 5.92 Å². The van der Waals surface area contributed by atoms with Crippen molar-refractivity contribution in [3.63, 3.8) is 0 Å². The molecule has 1 aromatic heterocycles. The molecule has 6 rings (SSSR count). The van der Waals surface area contributed by atoms with E-state index in [2.05, 4.69) is 46.4 Å². The molecule has 5 heterocycles. The molecule has 26 heavy (non-hydrogen) atoms. The van der Waals surface area contributed by atoms with Crippen molar-refractivity contribution in [1.82, 2.24) is 14.8 Å². The highest BCUT2D eigenvalue weighted by molar-refractivity contribution is 7.09. The average Bonchev–Trinajstić information content (AvgIpc) is 3.28. The van der Waals surface area contributed by atoms with Gasteiger partial charge in [-0.25, -0.2) is 4.98 Å². The number of piperidine rings is 3. The Balaban J connectivity index is 1.48. The molecule has 4 fully saturated rings. The van der Waals surface area contributed by atoms with Crippen LogP contribution in [0.4, 0.5) is 0 Å². The Morgan fingerprint density at radius 3 is 2.81 bits per heavy atom. The first kappa shape index (κ1) is 16.7. The van der Waals surface area contributed by atoms with E-state index in [1.807, 2.05) is 0 Å². The highest BCUT2D eigenvalue weighted by Crippen LogP contribution is 2.47. The van der Waals surface area contributed by atoms with E-state index in [1.165, 1.54) is 42.2 Å². The number of likely N-dealkylation sites (tertiary alicyclic amines) is 1. The van der Waals surface area contributed by atoms with Gasteiger partial charge in [0.1, 0.15) is 5.75 Å². The maximum absolute atomic E-state index is 5.50. The van der Waals surface area contributed by atoms with E-state index >= 15 is 0 Å². The molecule has 3 atom stereocenters. The third kappa shape index (κ3) is 2.77. The van der Waals surface area contributed by atoms with Crippen LogP contribution in [0.3, 0.4) is 0 Å². The lowest BCUT2D eigenvalue weighted by atomic mass is 9.75. The summed E-state index contributed by atoms with van der Waals surface area (Å²) in [6.45, 7) is 6.78. The van der Waals surface area contributed by atoms with Crippen molar-refractivity contribution in [2.45, 2.75) is 44.3 Å². The number of rotatable bonds is 4. The van der Waals surface area contributed by atoms with Gasteiger partial charge in [0.25, 0.3) is 0 Å². The molecule has 2 aromatic rings. The van der Waals surface area contributed by atoms with Crippen LogP contribution in [0.2, 0.25) is 0 Å². The van der Waals surface area contributed by atoms with Crippen molar-refractivity contribution in [3.8, 4) is 5.75 Å². The summed E-state index contributed by atoms with van der Waals surface area (Å²) < 4.78 is 5.50. The molecule has 0 saturated carbocycles. The number of hydrogen-bond donors (Lipinski definition) is 0. The highest BCUT2D eigenvalue weighted by Gasteiger charge is 2.53. The molecule has 4 nitrogen and oxygen atoms in total. The number of nitrogens with zero attached hydrogens (tertiary/aromatic N) is 3. The minimum Gasteiger partial charge on any atom is -0.497 e. The van der Waals surface area contributed by atoms with Crippen LogP contribution >= 0.6 is 11.3 Å². The first-order valence-electron chi connectivity index (χ1n) is 9.76. The largest absolute Gasteiger partial charge is 0.497 e. The predicted molar refractivity (Wildman–Crippen MR) is 105 cm³/mol. The predicted octanol–water partition coefficient (Wildman–Crippen LogP) is 3.52. The topological polar surface area (TPSA) is 28.6 Å². The number of benzene rings is 1. The van der Waals surface area contributed by atoms with Gasteiger partial charge < -0.3 is 4.74 Å². The van der Waals surface area contributed by atoms with Crippen LogP contribution in [0.25, 0.3) is 0 Å². The lowest BCUT2D eigenvalue weighted by molar-refractivity contribution is -0.00895. The molecule has 4 saturated heterocycles. The van der Waals surface area contributed by atoms with E-state index in [4.69, 9.17) is 9.72 Å². The van der Waals surface area contributed by atoms with Crippen molar-refractivity contribution in [2.75, 3.05) is 26.7 Å². The van der Waals surface area contributed by atoms with Crippen molar-refractivity contribution in [3.05, 3.63) is 45.9 Å². The van der Waals surface area contributed by atoms with Gasteiger partial charge in [0.2, 0.25) is 0 Å². The molecule has 1 aromatic carbocycles. The summed E-state index contributed by atoms with van der Waals surface area (Å²) in [4.78, 5) is 10.2. The zero-order chi connectivity index (χ0) is 17.7. The fraction of sp³-hybridized carbons (Fsp3) is 0.571. The molecule has 2 bridgehead atoms. The standard InChI is InChI=1S/C21H27N3OS/c1-14-22-17(13-26-14)11-24-12-19(16-4-3-5-18(10-16)25-2)21-20(24)15-6-8-23(21)9-7-15/h3-5,10,13,15,19-21H,6-9,11-12H2,1-2H3/t19-,20+,21+/m0/s1. The number of thiazole rings is 1. The van der Waals surface area contributed by atoms with Gasteiger partial charge in [-0.2, -0.15) is 0 Å². The summed E-state index contributed by atoms with van der Waals surface area (Å²) in [5.74, 6) is 2.39. The van der Waals surface area contributed by atoms with Crippen molar-refractivity contribution >= 4 is 11.3 Å². The third-order valence-electron chi connectivity index (χ3n) is 6.65. The maximum atomic E-state index is 5.50. The van der Waals surface area contributed by atoms with Gasteiger partial charge in [-0.3, -0.25) is 9.80 Å². The molecular weight excluding hydrogens is 342 g/mol. The SMILES string of the molecule is COc1cccc([C@@H]2CN(Cc3csc(C)n3)[C@@H]3C4CCN(CC4)[C@@H]32)c1. The summed E-state index contributed by atoms with van der Waals surface area (Å²) in [7, 11) is 1.76. The Kier molecular flexibility index (Phi) is 4.26. The van der Waals surface area contributed by atoms with Crippen molar-refractivity contribution < 1.29 is 4.74 Å². The van der Waals surface area contributed by atoms with Crippen LogP contribution < -0.4 is 4.74 Å². The van der Waals surface area contributed by atoms with Crippen LogP contribution in [0.5, 0.6) is 5.75 Å². The van der Waals surface area contributed by atoms with Gasteiger partial charge >= 0.3 is 0 Å². The summed E-state index contributed by atoms with van der Waals surface area (Å²) in [6.07, 6.45) is 2.72. The van der Waals surface area contributed by atoms with Gasteiger partial charge in [-0.1, -0.05) is 12.1 Å². The number of fused-ring (bicyclic) bond motifs is 2. The molecule has 0 radical (unpaired) electrons. The summed E-state index contributed by atoms with van der Waals surface area (Å²) in [5, 5.41) is 3.42. The first-order valence-corrected chi connectivity index (χ1v) is 10.6. The zero-order valence-corrected chi connectivity index (χ0v) is 16.4. The Hall–Kier alpha value is -1.43. The lowest BCUT2D eigenvalue weighted by Crippen LogP contribution is -2.60. The summed E-state index contributed by atoms with van der Waals surface area (Å²) in [6, 6.07) is 10.1. The molecule has 0 unspecified atom stereocenters. The van der Waals surface area contributed by atoms with Crippen LogP contribution in [-0.2, 0) is 6.54 Å². The fourth-order valence-electron chi connectivity index (χ4n) is 5.58. The molecule has 0 amide bonds. The van der Waals surface area contributed by atoms with Crippen LogP contribution in [0.15, 0.2) is 29.6 Å². The second-order valence-corrected chi connectivity index (χ2v) is 9.09. The number of methoxy groups -OCH3 is 1. The van der Waals surface area contributed by atoms with Gasteiger partial charge in [-0.15, -0.1) is 11.3 Å². The van der Waals surface area contributed by atoms with E-state index in [0.717, 1.165) is 24.8 Å². The molecule has 5 heteroatoms. The van der Waals surface area contributed by atoms with Crippen LogP contribution in [0.1, 0.15) is 35.0 Å². The Labute approximate surface area is 159 Å². The van der Waals surface area contributed by atoms with E-state index in [1.54, 1.807) is 18.4 Å². The van der Waals surface area contributed by atoms with Gasteiger partial charge in [0, 0.05) is 36.5 Å². The van der Waals surface area contributed by atoms with Gasteiger partial charge in [-0.05, 0) is 56.5 Å². The second-order valence-electron chi connectivity index (χ2n) is 8.02. The van der Waals surface area contributed by atoms with Crippen LogP contribution in [0, 0.1) is 12.8 Å². The number of hydrogen-bond acceptors (Lipinski definition) is 5. The highest BCUT2D eigenvalue weighted by atomic mass is 32.1. The number of ether oxygens (including phenoxy) is 1. The molecule has 0 N–H and O–H groups in total. The Morgan fingerprint density at radius 2 is 2.08 bits per heavy atom. The maximum Gasteiger partial charge on any atom is 0.119 e. The minimum absolute atomic E-state index is 0.568. The smallest absolute Gasteiger partial charge is 0.119 e. The van der Waals surface area contributed by atoms with E-state index < -0.39 is 0 Å². The second kappa shape index (κ2) is 6.63. The monoisotopic (exact) mass is 369 g/mol.